The molecule has 1 rings (SSSR count). The Labute approximate surface area is 66.2 Å². The zero-order valence-corrected chi connectivity index (χ0v) is 6.71. The normalized spacial score (nSPS) is 19.9. The van der Waals surface area contributed by atoms with Crippen LogP contribution in [0.25, 0.3) is 0 Å². The van der Waals surface area contributed by atoms with Crippen LogP contribution in [-0.4, -0.2) is 48.2 Å². The molecule has 4 heteroatoms. The van der Waals surface area contributed by atoms with E-state index in [1.54, 1.807) is 6.92 Å². The van der Waals surface area contributed by atoms with E-state index in [0.717, 1.165) is 0 Å². The second kappa shape index (κ2) is 3.49. The van der Waals surface area contributed by atoms with Gasteiger partial charge in [0, 0.05) is 0 Å². The van der Waals surface area contributed by atoms with Crippen molar-refractivity contribution < 1.29 is 14.9 Å². The number of hydrogen-bond donors (Lipinski definition) is 3. The summed E-state index contributed by atoms with van der Waals surface area (Å²) in [5, 5.41) is 20.9. The third-order valence-corrected chi connectivity index (χ3v) is 1.89. The fraction of sp³-hybridized carbons (Fsp3) is 1.00. The van der Waals surface area contributed by atoms with Crippen LogP contribution in [0.15, 0.2) is 0 Å². The van der Waals surface area contributed by atoms with Crippen LogP contribution in [0, 0.1) is 0 Å². The molecule has 0 bridgehead atoms. The highest BCUT2D eigenvalue weighted by Gasteiger charge is 2.29. The Morgan fingerprint density at radius 3 is 2.27 bits per heavy atom. The number of hydrogen-bond acceptors (Lipinski definition) is 4. The molecule has 1 saturated heterocycles. The molecule has 1 aliphatic heterocycles. The summed E-state index contributed by atoms with van der Waals surface area (Å²) in [7, 11) is 0. The van der Waals surface area contributed by atoms with Gasteiger partial charge in [-0.3, -0.25) is 0 Å². The standard InChI is InChI=1S/C7H15NO3/c1-7(4-9,5-10)8-6-2-11-3-6/h6,8-10H,2-5H2,1H3. The Balaban J connectivity index is 2.29. The zero-order valence-electron chi connectivity index (χ0n) is 6.71. The second-order valence-electron chi connectivity index (χ2n) is 3.26. The van der Waals surface area contributed by atoms with E-state index >= 15 is 0 Å². The van der Waals surface area contributed by atoms with E-state index in [9.17, 15) is 0 Å². The minimum absolute atomic E-state index is 0.0556. The van der Waals surface area contributed by atoms with Crippen molar-refractivity contribution in [2.45, 2.75) is 18.5 Å². The Hall–Kier alpha value is -0.160. The number of rotatable bonds is 4. The van der Waals surface area contributed by atoms with Crippen LogP contribution in [0.5, 0.6) is 0 Å². The molecule has 3 N–H and O–H groups in total. The quantitative estimate of drug-likeness (QED) is 0.480. The maximum atomic E-state index is 8.89. The van der Waals surface area contributed by atoms with Gasteiger partial charge in [-0.25, -0.2) is 0 Å². The molecule has 0 atom stereocenters. The van der Waals surface area contributed by atoms with E-state index in [0.29, 0.717) is 19.3 Å². The van der Waals surface area contributed by atoms with Crippen molar-refractivity contribution in [3.05, 3.63) is 0 Å². The summed E-state index contributed by atoms with van der Waals surface area (Å²) < 4.78 is 4.94. The highest BCUT2D eigenvalue weighted by Crippen LogP contribution is 2.07. The first kappa shape index (κ1) is 8.93. The van der Waals surface area contributed by atoms with E-state index < -0.39 is 5.54 Å². The molecule has 1 aliphatic rings. The summed E-state index contributed by atoms with van der Waals surface area (Å²) in [6, 6.07) is 0.291. The summed E-state index contributed by atoms with van der Waals surface area (Å²) in [4.78, 5) is 0. The van der Waals surface area contributed by atoms with Crippen molar-refractivity contribution in [1.82, 2.24) is 5.32 Å². The predicted molar refractivity (Wildman–Crippen MR) is 40.3 cm³/mol. The first-order valence-corrected chi connectivity index (χ1v) is 3.77. The Bertz CT molecular complexity index is 121. The van der Waals surface area contributed by atoms with E-state index in [2.05, 4.69) is 5.32 Å². The van der Waals surface area contributed by atoms with E-state index in [1.807, 2.05) is 0 Å². The molecule has 0 aromatic carbocycles. The van der Waals surface area contributed by atoms with Crippen LogP contribution in [0.2, 0.25) is 0 Å². The van der Waals surface area contributed by atoms with Crippen LogP contribution in [0.4, 0.5) is 0 Å². The minimum atomic E-state index is -0.561. The molecule has 1 fully saturated rings. The Kier molecular flexibility index (Phi) is 2.84. The molecule has 1 heterocycles. The average Bonchev–Trinajstić information content (AvgIpc) is 1.97. The molecule has 0 unspecified atom stereocenters. The van der Waals surface area contributed by atoms with Crippen molar-refractivity contribution in [2.24, 2.45) is 0 Å². The maximum absolute atomic E-state index is 8.89. The summed E-state index contributed by atoms with van der Waals surface area (Å²) in [5.41, 5.74) is -0.561. The highest BCUT2D eigenvalue weighted by molar-refractivity contribution is 4.87. The summed E-state index contributed by atoms with van der Waals surface area (Å²) in [6.45, 7) is 3.02. The monoisotopic (exact) mass is 161 g/mol. The van der Waals surface area contributed by atoms with Crippen molar-refractivity contribution in [3.8, 4) is 0 Å². The lowest BCUT2D eigenvalue weighted by Crippen LogP contribution is -2.59. The van der Waals surface area contributed by atoms with Gasteiger partial charge in [-0.1, -0.05) is 0 Å². The molecule has 0 amide bonds. The van der Waals surface area contributed by atoms with Crippen molar-refractivity contribution in [2.75, 3.05) is 26.4 Å². The summed E-state index contributed by atoms with van der Waals surface area (Å²) in [5.74, 6) is 0. The molecular weight excluding hydrogens is 146 g/mol. The molecule has 0 aromatic rings. The van der Waals surface area contributed by atoms with Crippen molar-refractivity contribution in [1.29, 1.82) is 0 Å². The molecule has 0 saturated carbocycles. The van der Waals surface area contributed by atoms with Gasteiger partial charge in [0.15, 0.2) is 0 Å². The van der Waals surface area contributed by atoms with E-state index in [-0.39, 0.29) is 13.2 Å². The van der Waals surface area contributed by atoms with E-state index in [4.69, 9.17) is 14.9 Å². The van der Waals surface area contributed by atoms with Crippen LogP contribution in [0.3, 0.4) is 0 Å². The summed E-state index contributed by atoms with van der Waals surface area (Å²) >= 11 is 0. The molecule has 0 spiro atoms. The van der Waals surface area contributed by atoms with Gasteiger partial charge < -0.3 is 20.3 Å². The molecule has 0 radical (unpaired) electrons. The predicted octanol–water partition coefficient (Wildman–Crippen LogP) is -1.28. The Morgan fingerprint density at radius 1 is 1.45 bits per heavy atom. The topological polar surface area (TPSA) is 61.7 Å². The van der Waals surface area contributed by atoms with E-state index in [1.165, 1.54) is 0 Å². The minimum Gasteiger partial charge on any atom is -0.394 e. The highest BCUT2D eigenvalue weighted by atomic mass is 16.5. The molecular formula is C7H15NO3. The third-order valence-electron chi connectivity index (χ3n) is 1.89. The lowest BCUT2D eigenvalue weighted by molar-refractivity contribution is -0.0316. The first-order valence-electron chi connectivity index (χ1n) is 3.77. The summed E-state index contributed by atoms with van der Waals surface area (Å²) in [6.07, 6.45) is 0. The fourth-order valence-electron chi connectivity index (χ4n) is 0.953. The number of ether oxygens (including phenoxy) is 1. The van der Waals surface area contributed by atoms with Gasteiger partial charge in [-0.05, 0) is 6.92 Å². The molecule has 66 valence electrons. The SMILES string of the molecule is CC(CO)(CO)NC1COC1. The molecule has 11 heavy (non-hydrogen) atoms. The molecule has 0 aromatic heterocycles. The van der Waals surface area contributed by atoms with Gasteiger partial charge in [0.1, 0.15) is 0 Å². The van der Waals surface area contributed by atoms with Gasteiger partial charge in [0.2, 0.25) is 0 Å². The van der Waals surface area contributed by atoms with Crippen molar-refractivity contribution in [3.63, 3.8) is 0 Å². The number of nitrogens with one attached hydrogen (secondary N) is 1. The number of aliphatic hydroxyl groups is 2. The Morgan fingerprint density at radius 2 is 2.00 bits per heavy atom. The van der Waals surface area contributed by atoms with Crippen LogP contribution in [0.1, 0.15) is 6.92 Å². The third kappa shape index (κ3) is 2.13. The lowest BCUT2D eigenvalue weighted by Gasteiger charge is -2.36. The molecule has 0 aliphatic carbocycles. The van der Waals surface area contributed by atoms with Gasteiger partial charge in [-0.15, -0.1) is 0 Å². The second-order valence-corrected chi connectivity index (χ2v) is 3.26. The van der Waals surface area contributed by atoms with Gasteiger partial charge in [-0.2, -0.15) is 0 Å². The lowest BCUT2D eigenvalue weighted by atomic mass is 10.0. The van der Waals surface area contributed by atoms with Crippen molar-refractivity contribution >= 4 is 0 Å². The van der Waals surface area contributed by atoms with Gasteiger partial charge >= 0.3 is 0 Å². The largest absolute Gasteiger partial charge is 0.394 e. The van der Waals surface area contributed by atoms with Crippen LogP contribution < -0.4 is 5.32 Å². The smallest absolute Gasteiger partial charge is 0.0643 e. The van der Waals surface area contributed by atoms with Gasteiger partial charge in [0.05, 0.1) is 38.0 Å². The molecule has 4 nitrogen and oxygen atoms in total. The zero-order chi connectivity index (χ0) is 8.32. The number of aliphatic hydroxyl groups excluding tert-OH is 2. The average molecular weight is 161 g/mol. The van der Waals surface area contributed by atoms with Crippen LogP contribution >= 0.6 is 0 Å². The fourth-order valence-corrected chi connectivity index (χ4v) is 0.953. The van der Waals surface area contributed by atoms with Gasteiger partial charge in [0.25, 0.3) is 0 Å². The maximum Gasteiger partial charge on any atom is 0.0643 e. The first-order chi connectivity index (χ1) is 5.20. The van der Waals surface area contributed by atoms with Crippen LogP contribution in [-0.2, 0) is 4.74 Å².